The number of nitrogens with one attached hydrogen (secondary N) is 1. The van der Waals surface area contributed by atoms with Crippen LogP contribution < -0.4 is 11.1 Å². The normalized spacial score (nSPS) is 10.8. The predicted octanol–water partition coefficient (Wildman–Crippen LogP) is 0.357. The van der Waals surface area contributed by atoms with E-state index in [-0.39, 0.29) is 0 Å². The van der Waals surface area contributed by atoms with E-state index in [0.717, 1.165) is 24.7 Å². The highest BCUT2D eigenvalue weighted by Gasteiger charge is 1.98. The first-order chi connectivity index (χ1) is 8.08. The van der Waals surface area contributed by atoms with Gasteiger partial charge in [-0.1, -0.05) is 0 Å². The lowest BCUT2D eigenvalue weighted by molar-refractivity contribution is 0.126. The Kier molecular flexibility index (Phi) is 5.65. The zero-order valence-electron chi connectivity index (χ0n) is 10.7. The van der Waals surface area contributed by atoms with E-state index in [1.807, 2.05) is 27.1 Å². The van der Waals surface area contributed by atoms with Crippen molar-refractivity contribution in [3.05, 3.63) is 11.8 Å². The van der Waals surface area contributed by atoms with Gasteiger partial charge >= 0.3 is 0 Å². The first-order valence-electron chi connectivity index (χ1n) is 5.65. The third kappa shape index (κ3) is 6.03. The summed E-state index contributed by atoms with van der Waals surface area (Å²) in [6, 6.07) is 1.86. The van der Waals surface area contributed by atoms with Crippen LogP contribution in [0.25, 0.3) is 0 Å². The third-order valence-corrected chi connectivity index (χ3v) is 2.11. The number of anilines is 2. The quantitative estimate of drug-likeness (QED) is 0.669. The molecule has 0 radical (unpaired) electrons. The van der Waals surface area contributed by atoms with Crippen LogP contribution in [0.1, 0.15) is 5.69 Å². The van der Waals surface area contributed by atoms with Crippen molar-refractivity contribution in [1.29, 1.82) is 0 Å². The molecule has 0 aromatic carbocycles. The zero-order chi connectivity index (χ0) is 12.7. The van der Waals surface area contributed by atoms with E-state index in [9.17, 15) is 0 Å². The summed E-state index contributed by atoms with van der Waals surface area (Å²) in [5, 5.41) is 3.14. The molecule has 17 heavy (non-hydrogen) atoms. The molecule has 1 rings (SSSR count). The number of nitrogen functional groups attached to an aromatic ring is 1. The molecule has 0 aliphatic heterocycles. The fourth-order valence-corrected chi connectivity index (χ4v) is 1.28. The molecule has 1 aromatic heterocycles. The summed E-state index contributed by atoms with van der Waals surface area (Å²) < 4.78 is 5.45. The minimum absolute atomic E-state index is 0.293. The Balaban J connectivity index is 2.18. The van der Waals surface area contributed by atoms with Gasteiger partial charge in [0.2, 0.25) is 5.95 Å². The molecule has 0 aliphatic rings. The molecule has 0 aliphatic carbocycles. The second-order valence-corrected chi connectivity index (χ2v) is 4.10. The summed E-state index contributed by atoms with van der Waals surface area (Å²) >= 11 is 0. The van der Waals surface area contributed by atoms with Crippen molar-refractivity contribution in [1.82, 2.24) is 14.9 Å². The number of aryl methyl sites for hydroxylation is 1. The average molecular weight is 239 g/mol. The molecular formula is C11H21N5O. The van der Waals surface area contributed by atoms with Gasteiger partial charge in [0, 0.05) is 24.8 Å². The number of aromatic nitrogens is 2. The van der Waals surface area contributed by atoms with Crippen LogP contribution in [0.3, 0.4) is 0 Å². The first-order valence-corrected chi connectivity index (χ1v) is 5.65. The molecule has 6 heteroatoms. The molecule has 3 N–H and O–H groups in total. The van der Waals surface area contributed by atoms with Gasteiger partial charge in [0.25, 0.3) is 0 Å². The van der Waals surface area contributed by atoms with Crippen LogP contribution in [0, 0.1) is 6.92 Å². The van der Waals surface area contributed by atoms with E-state index in [2.05, 4.69) is 20.2 Å². The molecule has 0 unspecified atom stereocenters. The Morgan fingerprint density at radius 2 is 2.12 bits per heavy atom. The zero-order valence-corrected chi connectivity index (χ0v) is 10.7. The van der Waals surface area contributed by atoms with Crippen LogP contribution in [0.2, 0.25) is 0 Å². The lowest BCUT2D eigenvalue weighted by atomic mass is 10.4. The van der Waals surface area contributed by atoms with Crippen molar-refractivity contribution in [2.24, 2.45) is 0 Å². The lowest BCUT2D eigenvalue weighted by Gasteiger charge is -2.10. The van der Waals surface area contributed by atoms with E-state index in [4.69, 9.17) is 10.5 Å². The smallest absolute Gasteiger partial charge is 0.222 e. The van der Waals surface area contributed by atoms with Crippen LogP contribution in [-0.4, -0.2) is 55.3 Å². The van der Waals surface area contributed by atoms with E-state index in [1.165, 1.54) is 0 Å². The molecule has 0 saturated heterocycles. The van der Waals surface area contributed by atoms with Crippen molar-refractivity contribution in [2.75, 3.05) is 51.4 Å². The van der Waals surface area contributed by atoms with Gasteiger partial charge in [0.05, 0.1) is 13.2 Å². The molecule has 1 aromatic rings. The fourth-order valence-electron chi connectivity index (χ4n) is 1.28. The number of ether oxygens (including phenoxy) is 1. The largest absolute Gasteiger partial charge is 0.378 e. The highest BCUT2D eigenvalue weighted by atomic mass is 16.5. The molecule has 0 fully saturated rings. The van der Waals surface area contributed by atoms with Gasteiger partial charge in [0.15, 0.2) is 0 Å². The lowest BCUT2D eigenvalue weighted by Crippen LogP contribution is -2.20. The third-order valence-electron chi connectivity index (χ3n) is 2.11. The van der Waals surface area contributed by atoms with Gasteiger partial charge in [0.1, 0.15) is 5.82 Å². The summed E-state index contributed by atoms with van der Waals surface area (Å²) in [6.45, 7) is 4.91. The molecule has 96 valence electrons. The summed E-state index contributed by atoms with van der Waals surface area (Å²) in [6.07, 6.45) is 0. The van der Waals surface area contributed by atoms with Crippen LogP contribution >= 0.6 is 0 Å². The standard InChI is InChI=1S/C11H21N5O/c1-9-8-10(15-11(12)14-9)13-4-6-17-7-5-16(2)3/h8H,4-7H2,1-3H3,(H3,12,13,14,15). The second-order valence-electron chi connectivity index (χ2n) is 4.10. The predicted molar refractivity (Wildman–Crippen MR) is 69.0 cm³/mol. The van der Waals surface area contributed by atoms with Crippen LogP contribution in [0.15, 0.2) is 6.07 Å². The Labute approximate surface area is 102 Å². The highest BCUT2D eigenvalue weighted by molar-refractivity contribution is 5.39. The van der Waals surface area contributed by atoms with Crippen molar-refractivity contribution < 1.29 is 4.74 Å². The number of nitrogens with two attached hydrogens (primary N) is 1. The fraction of sp³-hybridized carbons (Fsp3) is 0.636. The molecule has 0 bridgehead atoms. The van der Waals surface area contributed by atoms with Gasteiger partial charge in [-0.2, -0.15) is 4.98 Å². The molecule has 0 atom stereocenters. The minimum Gasteiger partial charge on any atom is -0.378 e. The molecule has 0 spiro atoms. The summed E-state index contributed by atoms with van der Waals surface area (Å²) in [4.78, 5) is 10.2. The molecule has 6 nitrogen and oxygen atoms in total. The van der Waals surface area contributed by atoms with Crippen molar-refractivity contribution in [3.63, 3.8) is 0 Å². The van der Waals surface area contributed by atoms with E-state index < -0.39 is 0 Å². The number of likely N-dealkylation sites (N-methyl/N-ethyl adjacent to an activating group) is 1. The van der Waals surface area contributed by atoms with E-state index >= 15 is 0 Å². The van der Waals surface area contributed by atoms with Gasteiger partial charge in [-0.15, -0.1) is 0 Å². The SMILES string of the molecule is Cc1cc(NCCOCCN(C)C)nc(N)n1. The van der Waals surface area contributed by atoms with E-state index in [1.54, 1.807) is 0 Å². The Morgan fingerprint density at radius 3 is 2.76 bits per heavy atom. The highest BCUT2D eigenvalue weighted by Crippen LogP contribution is 2.06. The Hall–Kier alpha value is -1.40. The molecule has 0 saturated carbocycles. The van der Waals surface area contributed by atoms with Crippen molar-refractivity contribution >= 4 is 11.8 Å². The van der Waals surface area contributed by atoms with Gasteiger partial charge < -0.3 is 20.7 Å². The van der Waals surface area contributed by atoms with Crippen LogP contribution in [0.5, 0.6) is 0 Å². The Morgan fingerprint density at radius 1 is 1.35 bits per heavy atom. The summed E-state index contributed by atoms with van der Waals surface area (Å²) in [5.41, 5.74) is 6.40. The second kappa shape index (κ2) is 7.03. The van der Waals surface area contributed by atoms with Crippen LogP contribution in [-0.2, 0) is 4.74 Å². The maximum atomic E-state index is 5.55. The number of hydrogen-bond acceptors (Lipinski definition) is 6. The molecular weight excluding hydrogens is 218 g/mol. The monoisotopic (exact) mass is 239 g/mol. The summed E-state index contributed by atoms with van der Waals surface area (Å²) in [5.74, 6) is 1.03. The maximum absolute atomic E-state index is 5.55. The Bertz CT molecular complexity index is 322. The molecule has 1 heterocycles. The minimum atomic E-state index is 0.293. The van der Waals surface area contributed by atoms with Crippen molar-refractivity contribution in [2.45, 2.75) is 6.92 Å². The van der Waals surface area contributed by atoms with E-state index in [0.29, 0.717) is 19.1 Å². The van der Waals surface area contributed by atoms with Crippen LogP contribution in [0.4, 0.5) is 11.8 Å². The molecule has 0 amide bonds. The van der Waals surface area contributed by atoms with Gasteiger partial charge in [-0.3, -0.25) is 0 Å². The topological polar surface area (TPSA) is 76.3 Å². The van der Waals surface area contributed by atoms with Gasteiger partial charge in [-0.25, -0.2) is 4.98 Å². The maximum Gasteiger partial charge on any atom is 0.222 e. The number of nitrogens with zero attached hydrogens (tertiary/aromatic N) is 3. The number of hydrogen-bond donors (Lipinski definition) is 2. The first kappa shape index (κ1) is 13.7. The number of rotatable bonds is 7. The van der Waals surface area contributed by atoms with Gasteiger partial charge in [-0.05, 0) is 21.0 Å². The average Bonchev–Trinajstić information content (AvgIpc) is 2.21. The van der Waals surface area contributed by atoms with Crippen molar-refractivity contribution in [3.8, 4) is 0 Å². The summed E-state index contributed by atoms with van der Waals surface area (Å²) in [7, 11) is 4.04.